The summed E-state index contributed by atoms with van der Waals surface area (Å²) < 4.78 is 47.2. The highest BCUT2D eigenvalue weighted by atomic mass is 32.2. The summed E-state index contributed by atoms with van der Waals surface area (Å²) in [4.78, 5) is 0. The smallest absolute Gasteiger partial charge is 0.231 e. The second-order valence-electron chi connectivity index (χ2n) is 7.13. The predicted molar refractivity (Wildman–Crippen MR) is 111 cm³/mol. The first-order valence-electron chi connectivity index (χ1n) is 9.60. The van der Waals surface area contributed by atoms with Crippen LogP contribution in [-0.2, 0) is 23.1 Å². The minimum atomic E-state index is -4.05. The lowest BCUT2D eigenvalue weighted by Gasteiger charge is -2.16. The van der Waals surface area contributed by atoms with Crippen molar-refractivity contribution in [1.29, 1.82) is 0 Å². The molecular formula is C21H22N2O7S. The molecule has 9 nitrogen and oxygen atoms in total. The first-order chi connectivity index (χ1) is 14.8. The Bertz CT molecular complexity index is 1260. The number of aromatic hydroxyl groups is 1. The summed E-state index contributed by atoms with van der Waals surface area (Å²) in [5, 5.41) is 12.2. The number of phenolic OH excluding ortho intramolecular Hbond substituents is 1. The van der Waals surface area contributed by atoms with Crippen molar-refractivity contribution in [3.63, 3.8) is 0 Å². The van der Waals surface area contributed by atoms with Crippen molar-refractivity contribution >= 4 is 20.9 Å². The van der Waals surface area contributed by atoms with Gasteiger partial charge in [-0.1, -0.05) is 0 Å². The summed E-state index contributed by atoms with van der Waals surface area (Å²) in [7, 11) is -2.49. The molecule has 164 valence electrons. The number of methoxy groups -OCH3 is 1. The Kier molecular flexibility index (Phi) is 5.61. The van der Waals surface area contributed by atoms with Gasteiger partial charge < -0.3 is 29.6 Å². The fourth-order valence-electron chi connectivity index (χ4n) is 3.72. The fraction of sp³-hybridized carbons (Fsp3) is 0.286. The number of pyridine rings is 1. The van der Waals surface area contributed by atoms with Gasteiger partial charge in [-0.3, -0.25) is 0 Å². The zero-order valence-corrected chi connectivity index (χ0v) is 17.6. The summed E-state index contributed by atoms with van der Waals surface area (Å²) in [6.07, 6.45) is 2.91. The molecule has 0 unspecified atom stereocenters. The average Bonchev–Trinajstić information content (AvgIpc) is 3.18. The van der Waals surface area contributed by atoms with Gasteiger partial charge in [0, 0.05) is 19.0 Å². The number of benzene rings is 2. The maximum atomic E-state index is 10.4. The molecule has 31 heavy (non-hydrogen) atoms. The van der Waals surface area contributed by atoms with Crippen LogP contribution >= 0.6 is 0 Å². The molecule has 0 spiro atoms. The number of fused-ring (bicyclic) bond motifs is 5. The molecule has 0 fully saturated rings. The quantitative estimate of drug-likeness (QED) is 0.454. The van der Waals surface area contributed by atoms with Gasteiger partial charge in [-0.15, -0.1) is 0 Å². The van der Waals surface area contributed by atoms with E-state index in [1.807, 2.05) is 12.3 Å². The third-order valence-corrected chi connectivity index (χ3v) is 5.92. The zero-order chi connectivity index (χ0) is 22.2. The Hall–Kier alpha value is -3.08. The minimum absolute atomic E-state index is 0.0914. The maximum absolute atomic E-state index is 10.4. The molecule has 3 aromatic rings. The topological polar surface area (TPSA) is 135 Å². The van der Waals surface area contributed by atoms with Crippen molar-refractivity contribution in [2.75, 3.05) is 26.2 Å². The van der Waals surface area contributed by atoms with Crippen molar-refractivity contribution < 1.29 is 36.9 Å². The van der Waals surface area contributed by atoms with E-state index in [9.17, 15) is 18.1 Å². The largest absolute Gasteiger partial charge is 0.748 e. The van der Waals surface area contributed by atoms with Crippen molar-refractivity contribution in [2.24, 2.45) is 5.73 Å². The highest BCUT2D eigenvalue weighted by Gasteiger charge is 2.28. The molecule has 3 heterocycles. The lowest BCUT2D eigenvalue weighted by molar-refractivity contribution is -0.686. The van der Waals surface area contributed by atoms with Crippen LogP contribution in [0.4, 0.5) is 0 Å². The van der Waals surface area contributed by atoms with E-state index in [2.05, 4.69) is 22.8 Å². The maximum Gasteiger partial charge on any atom is 0.231 e. The summed E-state index contributed by atoms with van der Waals surface area (Å²) in [5.74, 6) is 1.82. The second-order valence-corrected chi connectivity index (χ2v) is 8.66. The standard InChI is InChI=1S/C19H15NO4.C2H7NO3S/c1-22-16-3-2-11-6-15-13-8-18-17(23-10-24-18)7-12(13)4-5-20(15)9-14(11)19(16)21;3-1-2-7(4,5)6/h2-3,6-9H,4-5,10H2,1H3;1-3H2,(H,4,5,6). The van der Waals surface area contributed by atoms with Crippen molar-refractivity contribution in [3.8, 4) is 34.3 Å². The average molecular weight is 446 g/mol. The summed E-state index contributed by atoms with van der Waals surface area (Å²) >= 11 is 0. The molecule has 0 saturated heterocycles. The molecule has 0 atom stereocenters. The van der Waals surface area contributed by atoms with Crippen LogP contribution in [0.15, 0.2) is 36.5 Å². The molecule has 3 N–H and O–H groups in total. The molecule has 1 aromatic heterocycles. The molecule has 2 aliphatic rings. The van der Waals surface area contributed by atoms with E-state index in [1.165, 1.54) is 5.56 Å². The summed E-state index contributed by atoms with van der Waals surface area (Å²) in [6.45, 7) is 1.05. The normalized spacial score (nSPS) is 13.8. The first kappa shape index (κ1) is 21.2. The van der Waals surface area contributed by atoms with Gasteiger partial charge in [-0.05, 0) is 35.2 Å². The van der Waals surface area contributed by atoms with Crippen LogP contribution in [0.2, 0.25) is 0 Å². The molecule has 2 aromatic carbocycles. The Morgan fingerprint density at radius 3 is 2.61 bits per heavy atom. The van der Waals surface area contributed by atoms with Gasteiger partial charge in [0.15, 0.2) is 35.7 Å². The van der Waals surface area contributed by atoms with Crippen LogP contribution in [0.1, 0.15) is 5.56 Å². The third-order valence-electron chi connectivity index (χ3n) is 5.18. The highest BCUT2D eigenvalue weighted by Crippen LogP contribution is 2.41. The SMILES string of the molecule is COc1ccc2cc3[n+](cc2c1O)CCc1cc2c(cc1-3)OCO2.NCCS(=O)(=O)[O-]. The predicted octanol–water partition coefficient (Wildman–Crippen LogP) is 1.28. The number of aryl methyl sites for hydroxylation is 2. The molecular weight excluding hydrogens is 424 g/mol. The third kappa shape index (κ3) is 4.22. The van der Waals surface area contributed by atoms with Gasteiger partial charge in [0.2, 0.25) is 12.5 Å². The lowest BCUT2D eigenvalue weighted by Crippen LogP contribution is -2.39. The van der Waals surface area contributed by atoms with E-state index in [1.54, 1.807) is 13.2 Å². The monoisotopic (exact) mass is 446 g/mol. The lowest BCUT2D eigenvalue weighted by atomic mass is 9.95. The number of nitrogens with two attached hydrogens (primary N) is 1. The fourth-order valence-corrected chi connectivity index (χ4v) is 4.01. The van der Waals surface area contributed by atoms with E-state index in [0.29, 0.717) is 5.75 Å². The number of nitrogens with zero attached hydrogens (tertiary/aromatic N) is 1. The van der Waals surface area contributed by atoms with Crippen molar-refractivity contribution in [2.45, 2.75) is 13.0 Å². The number of aromatic nitrogens is 1. The van der Waals surface area contributed by atoms with E-state index >= 15 is 0 Å². The van der Waals surface area contributed by atoms with Crippen LogP contribution in [0, 0.1) is 0 Å². The number of rotatable bonds is 3. The van der Waals surface area contributed by atoms with Crippen LogP contribution < -0.4 is 24.5 Å². The number of hydrogen-bond acceptors (Lipinski definition) is 8. The minimum Gasteiger partial charge on any atom is -0.748 e. The molecule has 0 bridgehead atoms. The Morgan fingerprint density at radius 1 is 1.23 bits per heavy atom. The van der Waals surface area contributed by atoms with E-state index in [4.69, 9.17) is 19.9 Å². The van der Waals surface area contributed by atoms with E-state index < -0.39 is 15.9 Å². The molecule has 10 heteroatoms. The van der Waals surface area contributed by atoms with Crippen LogP contribution in [-0.4, -0.2) is 44.3 Å². The molecule has 0 radical (unpaired) electrons. The van der Waals surface area contributed by atoms with Gasteiger partial charge in [-0.25, -0.2) is 8.42 Å². The van der Waals surface area contributed by atoms with Gasteiger partial charge in [-0.2, -0.15) is 4.57 Å². The number of ether oxygens (including phenoxy) is 3. The van der Waals surface area contributed by atoms with E-state index in [-0.39, 0.29) is 19.1 Å². The van der Waals surface area contributed by atoms with Gasteiger partial charge in [0.05, 0.1) is 33.9 Å². The Morgan fingerprint density at radius 2 is 1.97 bits per heavy atom. The molecule has 2 aliphatic heterocycles. The Labute approximate surface area is 179 Å². The summed E-state index contributed by atoms with van der Waals surface area (Å²) in [5.41, 5.74) is 8.27. The van der Waals surface area contributed by atoms with Crippen molar-refractivity contribution in [3.05, 3.63) is 42.1 Å². The number of hydrogen-bond donors (Lipinski definition) is 2. The second kappa shape index (κ2) is 8.22. The first-order valence-corrected chi connectivity index (χ1v) is 11.2. The van der Waals surface area contributed by atoms with Crippen LogP contribution in [0.3, 0.4) is 0 Å². The van der Waals surface area contributed by atoms with Crippen molar-refractivity contribution in [1.82, 2.24) is 0 Å². The molecule has 0 amide bonds. The zero-order valence-electron chi connectivity index (χ0n) is 16.8. The Balaban J connectivity index is 0.000000289. The van der Waals surface area contributed by atoms with Gasteiger partial charge >= 0.3 is 0 Å². The number of phenols is 1. The summed E-state index contributed by atoms with van der Waals surface area (Å²) in [6, 6.07) is 10.00. The molecule has 5 rings (SSSR count). The van der Waals surface area contributed by atoms with Gasteiger partial charge in [0.25, 0.3) is 0 Å². The van der Waals surface area contributed by atoms with Crippen LogP contribution in [0.25, 0.3) is 22.0 Å². The van der Waals surface area contributed by atoms with E-state index in [0.717, 1.165) is 46.5 Å². The highest BCUT2D eigenvalue weighted by molar-refractivity contribution is 7.85. The molecule has 0 saturated carbocycles. The molecule has 0 aliphatic carbocycles. The van der Waals surface area contributed by atoms with Gasteiger partial charge in [0.1, 0.15) is 0 Å². The van der Waals surface area contributed by atoms with Crippen LogP contribution in [0.5, 0.6) is 23.0 Å².